The minimum Gasteiger partial charge on any atom is -0.353 e. The summed E-state index contributed by atoms with van der Waals surface area (Å²) < 4.78 is 0. The van der Waals surface area contributed by atoms with Gasteiger partial charge in [-0.2, -0.15) is 17.0 Å². The SMILES string of the molecule is CC1=C(C(=O)NC2CCCCC2)C(C2CCSC2)C(C#N)=C(SCC(=O)NC2CCCCC2C)N1. The fourth-order valence-corrected chi connectivity index (χ4v) is 8.29. The van der Waals surface area contributed by atoms with Crippen LogP contribution in [0.2, 0.25) is 0 Å². The first-order valence-corrected chi connectivity index (χ1v) is 15.5. The number of carbonyl (C=O) groups excluding carboxylic acids is 2. The van der Waals surface area contributed by atoms with E-state index in [0.717, 1.165) is 66.3 Å². The molecule has 4 atom stereocenters. The molecular weight excluding hydrogens is 476 g/mol. The third kappa shape index (κ3) is 6.60. The van der Waals surface area contributed by atoms with Gasteiger partial charge < -0.3 is 16.0 Å². The Hall–Kier alpha value is -1.59. The van der Waals surface area contributed by atoms with Crippen LogP contribution in [0.15, 0.2) is 21.9 Å². The number of nitrogens with one attached hydrogen (secondary N) is 3. The van der Waals surface area contributed by atoms with Gasteiger partial charge in [0.15, 0.2) is 0 Å². The Morgan fingerprint density at radius 3 is 2.51 bits per heavy atom. The van der Waals surface area contributed by atoms with Crippen LogP contribution in [0, 0.1) is 29.1 Å². The van der Waals surface area contributed by atoms with E-state index < -0.39 is 0 Å². The molecule has 3 N–H and O–H groups in total. The van der Waals surface area contributed by atoms with Gasteiger partial charge in [-0.25, -0.2) is 0 Å². The second-order valence-electron chi connectivity index (χ2n) is 10.7. The molecule has 0 aromatic rings. The number of hydrogen-bond donors (Lipinski definition) is 3. The van der Waals surface area contributed by atoms with Crippen LogP contribution >= 0.6 is 23.5 Å². The predicted molar refractivity (Wildman–Crippen MR) is 144 cm³/mol. The minimum atomic E-state index is -0.205. The quantitative estimate of drug-likeness (QED) is 0.448. The molecule has 0 spiro atoms. The van der Waals surface area contributed by atoms with E-state index in [9.17, 15) is 14.9 Å². The van der Waals surface area contributed by atoms with Gasteiger partial charge in [0, 0.05) is 29.3 Å². The van der Waals surface area contributed by atoms with E-state index in [1.807, 2.05) is 18.7 Å². The zero-order valence-corrected chi connectivity index (χ0v) is 22.8. The average Bonchev–Trinajstić information content (AvgIpc) is 3.39. The highest BCUT2D eigenvalue weighted by molar-refractivity contribution is 8.03. The molecule has 6 nitrogen and oxygen atoms in total. The van der Waals surface area contributed by atoms with Crippen molar-refractivity contribution in [2.24, 2.45) is 17.8 Å². The first kappa shape index (κ1) is 26.5. The van der Waals surface area contributed by atoms with Gasteiger partial charge in [0.1, 0.15) is 0 Å². The van der Waals surface area contributed by atoms with E-state index >= 15 is 0 Å². The average molecular weight is 517 g/mol. The molecule has 4 aliphatic rings. The van der Waals surface area contributed by atoms with Gasteiger partial charge in [-0.3, -0.25) is 9.59 Å². The molecule has 192 valence electrons. The molecule has 2 saturated carbocycles. The molecule has 2 amide bonds. The van der Waals surface area contributed by atoms with Gasteiger partial charge in [-0.05, 0) is 62.4 Å². The minimum absolute atomic E-state index is 0.0235. The van der Waals surface area contributed by atoms with Crippen LogP contribution in [0.5, 0.6) is 0 Å². The lowest BCUT2D eigenvalue weighted by molar-refractivity contribution is -0.120. The number of amides is 2. The summed E-state index contributed by atoms with van der Waals surface area (Å²) in [6.07, 6.45) is 11.3. The summed E-state index contributed by atoms with van der Waals surface area (Å²) in [5.74, 6) is 2.88. The van der Waals surface area contributed by atoms with Crippen molar-refractivity contribution in [2.45, 2.75) is 90.1 Å². The molecule has 0 aromatic heterocycles. The van der Waals surface area contributed by atoms with Crippen molar-refractivity contribution in [1.82, 2.24) is 16.0 Å². The molecule has 2 heterocycles. The third-order valence-corrected chi connectivity index (χ3v) is 10.3. The summed E-state index contributed by atoms with van der Waals surface area (Å²) in [6.45, 7) is 4.16. The topological polar surface area (TPSA) is 94.0 Å². The molecule has 2 aliphatic heterocycles. The van der Waals surface area contributed by atoms with E-state index in [0.29, 0.717) is 11.5 Å². The van der Waals surface area contributed by atoms with E-state index in [2.05, 4.69) is 28.9 Å². The molecule has 3 fully saturated rings. The number of allylic oxidation sites excluding steroid dienone is 2. The molecule has 0 radical (unpaired) electrons. The Morgan fingerprint density at radius 2 is 1.83 bits per heavy atom. The van der Waals surface area contributed by atoms with Gasteiger partial charge in [-0.1, -0.05) is 50.8 Å². The third-order valence-electron chi connectivity index (χ3n) is 8.12. The van der Waals surface area contributed by atoms with Crippen molar-refractivity contribution in [1.29, 1.82) is 5.26 Å². The summed E-state index contributed by atoms with van der Waals surface area (Å²) in [5.41, 5.74) is 2.17. The van der Waals surface area contributed by atoms with Crippen LogP contribution in [0.1, 0.15) is 78.1 Å². The predicted octanol–water partition coefficient (Wildman–Crippen LogP) is 4.85. The van der Waals surface area contributed by atoms with Crippen molar-refractivity contribution >= 4 is 35.3 Å². The van der Waals surface area contributed by atoms with E-state index in [-0.39, 0.29) is 41.5 Å². The van der Waals surface area contributed by atoms with Crippen molar-refractivity contribution in [3.05, 3.63) is 21.9 Å². The Kier molecular flexibility index (Phi) is 9.52. The largest absolute Gasteiger partial charge is 0.353 e. The van der Waals surface area contributed by atoms with Crippen LogP contribution in [-0.4, -0.2) is 41.2 Å². The molecule has 2 aliphatic carbocycles. The van der Waals surface area contributed by atoms with Gasteiger partial charge >= 0.3 is 0 Å². The Morgan fingerprint density at radius 1 is 1.09 bits per heavy atom. The van der Waals surface area contributed by atoms with Crippen LogP contribution in [-0.2, 0) is 9.59 Å². The van der Waals surface area contributed by atoms with Crippen molar-refractivity contribution in [3.8, 4) is 6.07 Å². The maximum Gasteiger partial charge on any atom is 0.249 e. The molecule has 35 heavy (non-hydrogen) atoms. The van der Waals surface area contributed by atoms with E-state index in [1.54, 1.807) is 0 Å². The number of nitriles is 1. The van der Waals surface area contributed by atoms with Crippen LogP contribution in [0.25, 0.3) is 0 Å². The van der Waals surface area contributed by atoms with Crippen molar-refractivity contribution < 1.29 is 9.59 Å². The van der Waals surface area contributed by atoms with E-state index in [4.69, 9.17) is 0 Å². The zero-order valence-electron chi connectivity index (χ0n) is 21.2. The first-order valence-electron chi connectivity index (χ1n) is 13.4. The number of carbonyl (C=O) groups is 2. The van der Waals surface area contributed by atoms with Crippen LogP contribution in [0.4, 0.5) is 0 Å². The first-order chi connectivity index (χ1) is 17.0. The normalized spacial score (nSPS) is 30.0. The maximum absolute atomic E-state index is 13.5. The fraction of sp³-hybridized carbons (Fsp3) is 0.741. The number of dihydropyridines is 1. The summed E-state index contributed by atoms with van der Waals surface area (Å²) in [4.78, 5) is 26.3. The highest BCUT2D eigenvalue weighted by atomic mass is 32.2. The lowest BCUT2D eigenvalue weighted by Crippen LogP contribution is -2.43. The van der Waals surface area contributed by atoms with Crippen LogP contribution in [0.3, 0.4) is 0 Å². The summed E-state index contributed by atoms with van der Waals surface area (Å²) >= 11 is 3.31. The lowest BCUT2D eigenvalue weighted by atomic mass is 9.77. The van der Waals surface area contributed by atoms with Gasteiger partial charge in [-0.15, -0.1) is 0 Å². The van der Waals surface area contributed by atoms with E-state index in [1.165, 1.54) is 37.4 Å². The summed E-state index contributed by atoms with van der Waals surface area (Å²) in [6, 6.07) is 2.92. The van der Waals surface area contributed by atoms with Crippen LogP contribution < -0.4 is 16.0 Å². The smallest absolute Gasteiger partial charge is 0.249 e. The van der Waals surface area contributed by atoms with Crippen molar-refractivity contribution in [2.75, 3.05) is 17.3 Å². The molecule has 4 rings (SSSR count). The molecule has 1 saturated heterocycles. The van der Waals surface area contributed by atoms with Gasteiger partial charge in [0.2, 0.25) is 11.8 Å². The molecule has 8 heteroatoms. The monoisotopic (exact) mass is 516 g/mol. The van der Waals surface area contributed by atoms with Gasteiger partial charge in [0.25, 0.3) is 0 Å². The number of hydrogen-bond acceptors (Lipinski definition) is 6. The molecule has 0 aromatic carbocycles. The Labute approximate surface area is 218 Å². The molecule has 4 unspecified atom stereocenters. The number of thioether (sulfide) groups is 2. The second-order valence-corrected chi connectivity index (χ2v) is 12.8. The highest BCUT2D eigenvalue weighted by Gasteiger charge is 2.40. The number of nitrogens with zero attached hydrogens (tertiary/aromatic N) is 1. The lowest BCUT2D eigenvalue weighted by Gasteiger charge is -2.34. The second kappa shape index (κ2) is 12.6. The highest BCUT2D eigenvalue weighted by Crippen LogP contribution is 2.43. The molecular formula is C27H40N4O2S2. The number of rotatable bonds is 7. The summed E-state index contributed by atoms with van der Waals surface area (Å²) in [7, 11) is 0. The van der Waals surface area contributed by atoms with Crippen molar-refractivity contribution in [3.63, 3.8) is 0 Å². The van der Waals surface area contributed by atoms with Gasteiger partial charge in [0.05, 0.1) is 22.4 Å². The zero-order chi connectivity index (χ0) is 24.8. The Bertz CT molecular complexity index is 897. The standard InChI is InChI=1S/C27H40N4O2S2/c1-17-8-6-7-11-22(17)31-23(32)16-35-27-21(14-28)25(19-12-13-34-15-19)24(18(2)29-27)26(33)30-20-9-4-3-5-10-20/h17,19-20,22,25,29H,3-13,15-16H2,1-2H3,(H,30,33)(H,31,32). The molecule has 0 bridgehead atoms. The maximum atomic E-state index is 13.5. The fourth-order valence-electron chi connectivity index (χ4n) is 6.08. The summed E-state index contributed by atoms with van der Waals surface area (Å²) in [5, 5.41) is 20.8. The Balaban J connectivity index is 1.48.